The number of halogens is 3. The molecule has 0 atom stereocenters. The third kappa shape index (κ3) is 5.40. The van der Waals surface area contributed by atoms with Gasteiger partial charge in [0.1, 0.15) is 23.7 Å². The summed E-state index contributed by atoms with van der Waals surface area (Å²) in [4.78, 5) is 8.61. The maximum absolute atomic E-state index is 13.0. The molecule has 1 saturated heterocycles. The number of nitrogens with zero attached hydrogens (tertiary/aromatic N) is 2. The van der Waals surface area contributed by atoms with Crippen molar-refractivity contribution < 1.29 is 23.0 Å². The molecule has 0 bridgehead atoms. The predicted octanol–water partition coefficient (Wildman–Crippen LogP) is 4.95. The maximum Gasteiger partial charge on any atom is 0.416 e. The number of aromatic nitrogens is 2. The van der Waals surface area contributed by atoms with Crippen LogP contribution in [0.2, 0.25) is 0 Å². The van der Waals surface area contributed by atoms with Crippen molar-refractivity contribution in [1.29, 1.82) is 5.41 Å². The van der Waals surface area contributed by atoms with E-state index < -0.39 is 11.7 Å². The molecule has 7 nitrogen and oxygen atoms in total. The Morgan fingerprint density at radius 1 is 0.970 bits per heavy atom. The quantitative estimate of drug-likeness (QED) is 0.309. The fraction of sp³-hybridized carbons (Fsp3) is 0.261. The van der Waals surface area contributed by atoms with Crippen molar-refractivity contribution in [2.24, 2.45) is 0 Å². The molecule has 1 aliphatic rings. The average Bonchev–Trinajstić information content (AvgIpc) is 2.81. The number of benzene rings is 2. The number of hydrogen-bond donors (Lipinski definition) is 4. The molecule has 0 amide bonds. The van der Waals surface area contributed by atoms with Crippen LogP contribution in [0.4, 0.5) is 30.5 Å². The number of nitrogens with one attached hydrogen (secondary N) is 3. The summed E-state index contributed by atoms with van der Waals surface area (Å²) in [5.74, 6) is 0.820. The number of aromatic hydroxyl groups is 1. The highest BCUT2D eigenvalue weighted by molar-refractivity contribution is 6.16. The summed E-state index contributed by atoms with van der Waals surface area (Å²) < 4.78 is 44.3. The average molecular weight is 457 g/mol. The standard InChI is InChI=1S/C23H22F3N5O2/c24-23(25,26)15-3-1-14(2-4-15)20(27)19-21(30-16-5-7-18(32)8-6-16)28-13-29-22(19)31-17-9-11-33-12-10-17/h1-8,13,17,27,32H,9-12H2,(H2,28,29,30,31). The molecule has 2 heterocycles. The van der Waals surface area contributed by atoms with Gasteiger partial charge < -0.3 is 20.5 Å². The van der Waals surface area contributed by atoms with E-state index in [0.717, 1.165) is 25.0 Å². The van der Waals surface area contributed by atoms with Gasteiger partial charge >= 0.3 is 6.18 Å². The highest BCUT2D eigenvalue weighted by Gasteiger charge is 2.30. The third-order valence-corrected chi connectivity index (χ3v) is 5.29. The summed E-state index contributed by atoms with van der Waals surface area (Å²) in [6.07, 6.45) is -1.58. The molecule has 0 spiro atoms. The fourth-order valence-corrected chi connectivity index (χ4v) is 3.51. The largest absolute Gasteiger partial charge is 0.508 e. The first-order valence-electron chi connectivity index (χ1n) is 10.3. The molecule has 0 radical (unpaired) electrons. The molecule has 172 valence electrons. The van der Waals surface area contributed by atoms with Crippen LogP contribution in [0.1, 0.15) is 29.5 Å². The molecule has 2 aromatic carbocycles. The predicted molar refractivity (Wildman–Crippen MR) is 118 cm³/mol. The van der Waals surface area contributed by atoms with Crippen LogP contribution in [0.25, 0.3) is 0 Å². The van der Waals surface area contributed by atoms with Gasteiger partial charge in [-0.2, -0.15) is 13.2 Å². The van der Waals surface area contributed by atoms with E-state index in [4.69, 9.17) is 10.1 Å². The molecule has 0 aliphatic carbocycles. The molecule has 33 heavy (non-hydrogen) atoms. The SMILES string of the molecule is N=C(c1ccc(C(F)(F)F)cc1)c1c(Nc2ccc(O)cc2)ncnc1NC1CCOCC1. The molecular weight excluding hydrogens is 435 g/mol. The Balaban J connectivity index is 1.71. The van der Waals surface area contributed by atoms with Crippen molar-refractivity contribution in [1.82, 2.24) is 9.97 Å². The minimum absolute atomic E-state index is 0.0276. The van der Waals surface area contributed by atoms with E-state index in [9.17, 15) is 18.3 Å². The third-order valence-electron chi connectivity index (χ3n) is 5.29. The summed E-state index contributed by atoms with van der Waals surface area (Å²) in [6, 6.07) is 10.8. The van der Waals surface area contributed by atoms with E-state index in [1.54, 1.807) is 12.1 Å². The van der Waals surface area contributed by atoms with Gasteiger partial charge in [0.25, 0.3) is 0 Å². The summed E-state index contributed by atoms with van der Waals surface area (Å²) in [5, 5.41) is 24.8. The second kappa shape index (κ2) is 9.45. The number of alkyl halides is 3. The number of hydrogen-bond acceptors (Lipinski definition) is 7. The Morgan fingerprint density at radius 2 is 1.61 bits per heavy atom. The molecule has 1 fully saturated rings. The van der Waals surface area contributed by atoms with Gasteiger partial charge in [-0.1, -0.05) is 12.1 Å². The zero-order valence-electron chi connectivity index (χ0n) is 17.5. The second-order valence-electron chi connectivity index (χ2n) is 7.60. The van der Waals surface area contributed by atoms with Crippen LogP contribution in [-0.4, -0.2) is 40.0 Å². The van der Waals surface area contributed by atoms with Crippen LogP contribution >= 0.6 is 0 Å². The molecule has 4 rings (SSSR count). The number of phenolic OH excluding ortho intramolecular Hbond substituents is 1. The zero-order chi connectivity index (χ0) is 23.4. The minimum Gasteiger partial charge on any atom is -0.508 e. The van der Waals surface area contributed by atoms with E-state index in [1.807, 2.05) is 0 Å². The fourth-order valence-electron chi connectivity index (χ4n) is 3.51. The Morgan fingerprint density at radius 3 is 2.24 bits per heavy atom. The van der Waals surface area contributed by atoms with Gasteiger partial charge in [-0.3, -0.25) is 5.41 Å². The van der Waals surface area contributed by atoms with Gasteiger partial charge in [0.15, 0.2) is 0 Å². The van der Waals surface area contributed by atoms with Crippen LogP contribution in [0.5, 0.6) is 5.75 Å². The van der Waals surface area contributed by atoms with Gasteiger partial charge in [0, 0.05) is 30.5 Å². The number of phenols is 1. The highest BCUT2D eigenvalue weighted by atomic mass is 19.4. The maximum atomic E-state index is 13.0. The molecule has 1 aromatic heterocycles. The molecule has 0 unspecified atom stereocenters. The summed E-state index contributed by atoms with van der Waals surface area (Å²) in [5.41, 5.74) is 0.426. The Hall–Kier alpha value is -3.66. The zero-order valence-corrected chi connectivity index (χ0v) is 17.5. The molecule has 10 heteroatoms. The lowest BCUT2D eigenvalue weighted by Gasteiger charge is -2.25. The Bertz CT molecular complexity index is 1110. The van der Waals surface area contributed by atoms with Crippen LogP contribution in [0.15, 0.2) is 54.9 Å². The van der Waals surface area contributed by atoms with Crippen molar-refractivity contribution in [3.63, 3.8) is 0 Å². The molecule has 0 saturated carbocycles. The van der Waals surface area contributed by atoms with E-state index in [-0.39, 0.29) is 17.5 Å². The van der Waals surface area contributed by atoms with E-state index in [1.165, 1.54) is 30.6 Å². The number of anilines is 3. The lowest BCUT2D eigenvalue weighted by Crippen LogP contribution is -2.29. The van der Waals surface area contributed by atoms with E-state index in [2.05, 4.69) is 20.6 Å². The van der Waals surface area contributed by atoms with Gasteiger partial charge in [0.05, 0.1) is 16.8 Å². The Kier molecular flexibility index (Phi) is 6.45. The van der Waals surface area contributed by atoms with Gasteiger partial charge in [-0.05, 0) is 49.2 Å². The monoisotopic (exact) mass is 457 g/mol. The summed E-state index contributed by atoms with van der Waals surface area (Å²) >= 11 is 0. The van der Waals surface area contributed by atoms with Crippen LogP contribution < -0.4 is 10.6 Å². The first kappa shape index (κ1) is 22.5. The second-order valence-corrected chi connectivity index (χ2v) is 7.60. The summed E-state index contributed by atoms with van der Waals surface area (Å²) in [7, 11) is 0. The van der Waals surface area contributed by atoms with E-state index in [0.29, 0.717) is 41.7 Å². The van der Waals surface area contributed by atoms with Crippen molar-refractivity contribution in [3.05, 3.63) is 71.5 Å². The van der Waals surface area contributed by atoms with Crippen LogP contribution in [0, 0.1) is 5.41 Å². The molecular formula is C23H22F3N5O2. The van der Waals surface area contributed by atoms with E-state index >= 15 is 0 Å². The Labute approximate surface area is 188 Å². The van der Waals surface area contributed by atoms with Crippen molar-refractivity contribution in [2.45, 2.75) is 25.1 Å². The van der Waals surface area contributed by atoms with Crippen molar-refractivity contribution in [2.75, 3.05) is 23.8 Å². The topological polar surface area (TPSA) is 103 Å². The first-order chi connectivity index (χ1) is 15.8. The summed E-state index contributed by atoms with van der Waals surface area (Å²) in [6.45, 7) is 1.21. The highest BCUT2D eigenvalue weighted by Crippen LogP contribution is 2.31. The van der Waals surface area contributed by atoms with Gasteiger partial charge in [0.2, 0.25) is 0 Å². The van der Waals surface area contributed by atoms with Crippen molar-refractivity contribution >= 4 is 23.0 Å². The van der Waals surface area contributed by atoms with Crippen molar-refractivity contribution in [3.8, 4) is 5.75 Å². The normalized spacial score (nSPS) is 14.6. The van der Waals surface area contributed by atoms with Crippen LogP contribution in [-0.2, 0) is 10.9 Å². The molecule has 4 N–H and O–H groups in total. The van der Waals surface area contributed by atoms with Gasteiger partial charge in [-0.25, -0.2) is 9.97 Å². The van der Waals surface area contributed by atoms with Crippen LogP contribution in [0.3, 0.4) is 0 Å². The molecule has 3 aromatic rings. The lowest BCUT2D eigenvalue weighted by molar-refractivity contribution is -0.137. The minimum atomic E-state index is -4.46. The number of rotatable bonds is 6. The lowest BCUT2D eigenvalue weighted by atomic mass is 10.0. The first-order valence-corrected chi connectivity index (χ1v) is 10.3. The number of ether oxygens (including phenoxy) is 1. The smallest absolute Gasteiger partial charge is 0.416 e. The van der Waals surface area contributed by atoms with Gasteiger partial charge in [-0.15, -0.1) is 0 Å². The molecule has 1 aliphatic heterocycles.